The van der Waals surface area contributed by atoms with Gasteiger partial charge in [0.25, 0.3) is 5.69 Å². The molecule has 0 aliphatic heterocycles. The summed E-state index contributed by atoms with van der Waals surface area (Å²) in [6, 6.07) is 5.13. The van der Waals surface area contributed by atoms with Crippen LogP contribution in [0.4, 0.5) is 5.69 Å². The van der Waals surface area contributed by atoms with Crippen LogP contribution in [0.15, 0.2) is 28.1 Å². The summed E-state index contributed by atoms with van der Waals surface area (Å²) in [5.41, 5.74) is 1.96. The van der Waals surface area contributed by atoms with Crippen molar-refractivity contribution in [1.29, 1.82) is 0 Å². The molecule has 7 heteroatoms. The van der Waals surface area contributed by atoms with Crippen LogP contribution in [0.25, 0.3) is 0 Å². The number of nitro groups is 1. The van der Waals surface area contributed by atoms with E-state index in [1.54, 1.807) is 23.5 Å². The molecule has 100 valence electrons. The Hall–Kier alpha value is -1.31. The highest BCUT2D eigenvalue weighted by atomic mass is 79.9. The Morgan fingerprint density at radius 2 is 2.26 bits per heavy atom. The minimum atomic E-state index is -0.391. The van der Waals surface area contributed by atoms with Crippen molar-refractivity contribution < 1.29 is 4.92 Å². The molecule has 1 heterocycles. The van der Waals surface area contributed by atoms with E-state index < -0.39 is 4.92 Å². The number of aromatic nitrogens is 1. The molecule has 5 nitrogen and oxygen atoms in total. The third kappa shape index (κ3) is 3.82. The predicted molar refractivity (Wildman–Crippen MR) is 78.2 cm³/mol. The van der Waals surface area contributed by atoms with Gasteiger partial charge in [-0.3, -0.25) is 10.1 Å². The molecule has 2 rings (SSSR count). The lowest BCUT2D eigenvalue weighted by Crippen LogP contribution is -2.13. The molecule has 0 aliphatic carbocycles. The van der Waals surface area contributed by atoms with Gasteiger partial charge in [0.15, 0.2) is 0 Å². The van der Waals surface area contributed by atoms with E-state index in [2.05, 4.69) is 26.2 Å². The van der Waals surface area contributed by atoms with Crippen molar-refractivity contribution in [2.75, 3.05) is 0 Å². The van der Waals surface area contributed by atoms with Gasteiger partial charge in [-0.15, -0.1) is 11.3 Å². The van der Waals surface area contributed by atoms with Crippen molar-refractivity contribution in [2.45, 2.75) is 20.0 Å². The van der Waals surface area contributed by atoms with Crippen molar-refractivity contribution in [3.63, 3.8) is 0 Å². The zero-order valence-corrected chi connectivity index (χ0v) is 12.6. The number of halogens is 1. The van der Waals surface area contributed by atoms with E-state index >= 15 is 0 Å². The predicted octanol–water partition coefficient (Wildman–Crippen LogP) is 3.41. The maximum absolute atomic E-state index is 10.8. The third-order valence-corrected chi connectivity index (χ3v) is 4.00. The number of hydrogen-bond donors (Lipinski definition) is 1. The van der Waals surface area contributed by atoms with Crippen LogP contribution in [0.1, 0.15) is 16.3 Å². The molecule has 0 amide bonds. The first-order valence-electron chi connectivity index (χ1n) is 5.61. The van der Waals surface area contributed by atoms with Crippen LogP contribution in [0, 0.1) is 17.0 Å². The summed E-state index contributed by atoms with van der Waals surface area (Å²) in [5, 5.41) is 17.1. The minimum absolute atomic E-state index is 0.0869. The number of nitrogens with one attached hydrogen (secondary N) is 1. The number of nitrogens with zero attached hydrogens (tertiary/aromatic N) is 2. The second-order valence-corrected chi connectivity index (χ2v) is 5.92. The van der Waals surface area contributed by atoms with Crippen LogP contribution < -0.4 is 5.32 Å². The highest BCUT2D eigenvalue weighted by molar-refractivity contribution is 9.10. The molecule has 1 aromatic carbocycles. The lowest BCUT2D eigenvalue weighted by Gasteiger charge is -2.04. The number of aryl methyl sites for hydroxylation is 1. The van der Waals surface area contributed by atoms with Crippen LogP contribution in [-0.4, -0.2) is 9.91 Å². The second-order valence-electron chi connectivity index (χ2n) is 4.00. The van der Waals surface area contributed by atoms with Crippen LogP contribution in [0.2, 0.25) is 0 Å². The van der Waals surface area contributed by atoms with Gasteiger partial charge in [0.2, 0.25) is 0 Å². The number of hydrogen-bond acceptors (Lipinski definition) is 5. The average Bonchev–Trinajstić information content (AvgIpc) is 2.77. The summed E-state index contributed by atoms with van der Waals surface area (Å²) in [4.78, 5) is 14.8. The van der Waals surface area contributed by atoms with Gasteiger partial charge in [-0.2, -0.15) is 0 Å². The van der Waals surface area contributed by atoms with Crippen molar-refractivity contribution in [2.24, 2.45) is 0 Å². The first-order valence-corrected chi connectivity index (χ1v) is 7.28. The van der Waals surface area contributed by atoms with E-state index in [4.69, 9.17) is 0 Å². The number of rotatable bonds is 5. The van der Waals surface area contributed by atoms with Crippen LogP contribution in [-0.2, 0) is 13.1 Å². The highest BCUT2D eigenvalue weighted by Gasteiger charge is 2.11. The average molecular weight is 342 g/mol. The van der Waals surface area contributed by atoms with E-state index in [0.717, 1.165) is 16.3 Å². The molecule has 0 atom stereocenters. The third-order valence-electron chi connectivity index (χ3n) is 2.51. The van der Waals surface area contributed by atoms with Crippen molar-refractivity contribution in [3.8, 4) is 0 Å². The molecular weight excluding hydrogens is 330 g/mol. The molecule has 1 aromatic heterocycles. The van der Waals surface area contributed by atoms with E-state index in [-0.39, 0.29) is 5.69 Å². The van der Waals surface area contributed by atoms with Gasteiger partial charge in [0, 0.05) is 24.5 Å². The fraction of sp³-hybridized carbons (Fsp3) is 0.250. The Morgan fingerprint density at radius 3 is 2.89 bits per heavy atom. The van der Waals surface area contributed by atoms with Crippen LogP contribution in [0.3, 0.4) is 0 Å². The zero-order valence-electron chi connectivity index (χ0n) is 10.2. The van der Waals surface area contributed by atoms with Crippen LogP contribution in [0.5, 0.6) is 0 Å². The van der Waals surface area contributed by atoms with Gasteiger partial charge in [0.05, 0.1) is 20.1 Å². The Labute approximate surface area is 123 Å². The summed E-state index contributed by atoms with van der Waals surface area (Å²) < 4.78 is 0.497. The summed E-state index contributed by atoms with van der Waals surface area (Å²) in [6.45, 7) is 3.20. The maximum atomic E-state index is 10.8. The summed E-state index contributed by atoms with van der Waals surface area (Å²) in [6.07, 6.45) is 0. The molecule has 0 spiro atoms. The van der Waals surface area contributed by atoms with E-state index in [1.807, 2.05) is 18.4 Å². The first-order chi connectivity index (χ1) is 9.06. The Balaban J connectivity index is 1.96. The monoisotopic (exact) mass is 341 g/mol. The highest BCUT2D eigenvalue weighted by Crippen LogP contribution is 2.25. The molecular formula is C12H12BrN3O2S. The second kappa shape index (κ2) is 6.23. The number of thiazole rings is 1. The normalized spacial score (nSPS) is 10.6. The Morgan fingerprint density at radius 1 is 1.47 bits per heavy atom. The van der Waals surface area contributed by atoms with Gasteiger partial charge in [-0.05, 0) is 34.5 Å². The standard InChI is InChI=1S/C12H12BrN3O2S/c1-8-15-10(7-19-8)6-14-5-9-2-3-11(13)12(4-9)16(17)18/h2-4,7,14H,5-6H2,1H3. The molecule has 1 N–H and O–H groups in total. The molecule has 0 bridgehead atoms. The largest absolute Gasteiger partial charge is 0.307 e. The van der Waals surface area contributed by atoms with E-state index in [1.165, 1.54) is 0 Å². The molecule has 0 saturated carbocycles. The van der Waals surface area contributed by atoms with Crippen LogP contribution >= 0.6 is 27.3 Å². The van der Waals surface area contributed by atoms with Gasteiger partial charge < -0.3 is 5.32 Å². The fourth-order valence-corrected chi connectivity index (χ4v) is 2.64. The minimum Gasteiger partial charge on any atom is -0.307 e. The SMILES string of the molecule is Cc1nc(CNCc2ccc(Br)c([N+](=O)[O-])c2)cs1. The van der Waals surface area contributed by atoms with Gasteiger partial charge >= 0.3 is 0 Å². The summed E-state index contributed by atoms with van der Waals surface area (Å²) in [7, 11) is 0. The van der Waals surface area contributed by atoms with E-state index in [9.17, 15) is 10.1 Å². The molecule has 2 aromatic rings. The van der Waals surface area contributed by atoms with Gasteiger partial charge in [0.1, 0.15) is 0 Å². The maximum Gasteiger partial charge on any atom is 0.283 e. The van der Waals surface area contributed by atoms with Crippen molar-refractivity contribution in [3.05, 3.63) is 54.4 Å². The summed E-state index contributed by atoms with van der Waals surface area (Å²) >= 11 is 4.78. The quantitative estimate of drug-likeness (QED) is 0.668. The smallest absolute Gasteiger partial charge is 0.283 e. The molecule has 0 aliphatic rings. The molecule has 0 radical (unpaired) electrons. The molecule has 0 fully saturated rings. The van der Waals surface area contributed by atoms with Gasteiger partial charge in [-0.1, -0.05) is 6.07 Å². The van der Waals surface area contributed by atoms with Gasteiger partial charge in [-0.25, -0.2) is 4.98 Å². The van der Waals surface area contributed by atoms with E-state index in [0.29, 0.717) is 17.6 Å². The fourth-order valence-electron chi connectivity index (χ4n) is 1.63. The number of nitro benzene ring substituents is 1. The Kier molecular flexibility index (Phi) is 4.62. The molecule has 19 heavy (non-hydrogen) atoms. The Bertz CT molecular complexity index is 600. The zero-order chi connectivity index (χ0) is 13.8. The topological polar surface area (TPSA) is 68.1 Å². The first kappa shape index (κ1) is 14.1. The molecule has 0 saturated heterocycles. The summed E-state index contributed by atoms with van der Waals surface area (Å²) in [5.74, 6) is 0. The van der Waals surface area contributed by atoms with Crippen molar-refractivity contribution >= 4 is 33.0 Å². The lowest BCUT2D eigenvalue weighted by molar-refractivity contribution is -0.385. The van der Waals surface area contributed by atoms with Crippen molar-refractivity contribution in [1.82, 2.24) is 10.3 Å². The number of benzene rings is 1. The molecule has 0 unspecified atom stereocenters. The lowest BCUT2D eigenvalue weighted by atomic mass is 10.2.